The van der Waals surface area contributed by atoms with E-state index >= 15 is 0 Å². The Morgan fingerprint density at radius 1 is 1.14 bits per heavy atom. The highest BCUT2D eigenvalue weighted by molar-refractivity contribution is 5.94. The van der Waals surface area contributed by atoms with Gasteiger partial charge in [-0.2, -0.15) is 0 Å². The number of ether oxygens (including phenoxy) is 1. The Hall–Kier alpha value is -3.23. The maximum Gasteiger partial charge on any atom is 0.253 e. The lowest BCUT2D eigenvalue weighted by molar-refractivity contribution is 0.0000624. The molecule has 3 aromatic rings. The van der Waals surface area contributed by atoms with Crippen LogP contribution < -0.4 is 9.64 Å². The van der Waals surface area contributed by atoms with Gasteiger partial charge in [-0.15, -0.1) is 0 Å². The third-order valence-electron chi connectivity index (χ3n) is 7.25. The van der Waals surface area contributed by atoms with E-state index in [1.54, 1.807) is 36.5 Å². The molecule has 2 fully saturated rings. The molecule has 8 nitrogen and oxygen atoms in total. The summed E-state index contributed by atoms with van der Waals surface area (Å²) in [6, 6.07) is 11.2. The van der Waals surface area contributed by atoms with Crippen molar-refractivity contribution in [3.8, 4) is 5.75 Å². The molecule has 1 amide bonds. The van der Waals surface area contributed by atoms with Gasteiger partial charge in [0.05, 0.1) is 17.7 Å². The van der Waals surface area contributed by atoms with Crippen LogP contribution in [0.1, 0.15) is 36.0 Å². The Morgan fingerprint density at radius 3 is 2.86 bits per heavy atom. The first kappa shape index (κ1) is 24.5. The number of aliphatic hydroxyl groups is 1. The molecule has 1 atom stereocenters. The molecule has 8 heteroatoms. The highest BCUT2D eigenvalue weighted by atomic mass is 16.5. The van der Waals surface area contributed by atoms with Crippen LogP contribution in [-0.2, 0) is 0 Å². The average molecular weight is 490 g/mol. The molecule has 36 heavy (non-hydrogen) atoms. The molecule has 0 aliphatic carbocycles. The summed E-state index contributed by atoms with van der Waals surface area (Å²) in [4.78, 5) is 28.1. The van der Waals surface area contributed by atoms with Gasteiger partial charge in [0.2, 0.25) is 0 Å². The summed E-state index contributed by atoms with van der Waals surface area (Å²) < 4.78 is 5.93. The van der Waals surface area contributed by atoms with Crippen LogP contribution in [0.2, 0.25) is 0 Å². The van der Waals surface area contributed by atoms with Crippen molar-refractivity contribution in [2.75, 3.05) is 57.8 Å². The van der Waals surface area contributed by atoms with Crippen molar-refractivity contribution in [3.05, 3.63) is 60.6 Å². The summed E-state index contributed by atoms with van der Waals surface area (Å²) in [5.41, 5.74) is 1.45. The average Bonchev–Trinajstić information content (AvgIpc) is 3.41. The Balaban J connectivity index is 1.22. The van der Waals surface area contributed by atoms with E-state index in [4.69, 9.17) is 4.74 Å². The van der Waals surface area contributed by atoms with Gasteiger partial charge in [0, 0.05) is 61.9 Å². The molecular formula is C28H35N5O3. The van der Waals surface area contributed by atoms with Crippen LogP contribution in [0.5, 0.6) is 5.75 Å². The first-order valence-electron chi connectivity index (χ1n) is 12.9. The topological polar surface area (TPSA) is 82.0 Å². The van der Waals surface area contributed by atoms with Crippen molar-refractivity contribution < 1.29 is 14.6 Å². The first-order chi connectivity index (χ1) is 17.5. The Morgan fingerprint density at radius 2 is 2.00 bits per heavy atom. The fraction of sp³-hybridized carbons (Fsp3) is 0.464. The van der Waals surface area contributed by atoms with E-state index in [1.807, 2.05) is 30.5 Å². The number of β-amino-alcohol motifs (C(OH)–C–C–N with tert-alkyl or cyclic N) is 1. The molecule has 4 heterocycles. The van der Waals surface area contributed by atoms with Crippen molar-refractivity contribution in [1.82, 2.24) is 19.8 Å². The number of carbonyl (C=O) groups excluding carboxylic acids is 1. The number of piperidine rings is 1. The van der Waals surface area contributed by atoms with Gasteiger partial charge in [-0.25, -0.2) is 0 Å². The molecule has 5 rings (SSSR count). The van der Waals surface area contributed by atoms with E-state index in [0.717, 1.165) is 49.2 Å². The highest BCUT2D eigenvalue weighted by Crippen LogP contribution is 2.31. The van der Waals surface area contributed by atoms with E-state index in [-0.39, 0.29) is 12.5 Å². The highest BCUT2D eigenvalue weighted by Gasteiger charge is 2.36. The summed E-state index contributed by atoms with van der Waals surface area (Å²) in [6.45, 7) is 5.34. The van der Waals surface area contributed by atoms with Gasteiger partial charge < -0.3 is 19.6 Å². The minimum atomic E-state index is -1.01. The van der Waals surface area contributed by atoms with E-state index in [2.05, 4.69) is 19.8 Å². The van der Waals surface area contributed by atoms with E-state index in [9.17, 15) is 9.90 Å². The molecule has 2 aromatic heterocycles. The van der Waals surface area contributed by atoms with Crippen molar-refractivity contribution in [2.45, 2.75) is 31.3 Å². The first-order valence-corrected chi connectivity index (χ1v) is 12.9. The maximum atomic E-state index is 13.2. The fourth-order valence-electron chi connectivity index (χ4n) is 5.45. The normalized spacial score (nSPS) is 20.6. The lowest BCUT2D eigenvalue weighted by Gasteiger charge is -2.42. The number of likely N-dealkylation sites (tertiary alicyclic amines) is 1. The number of fused-ring (bicyclic) bond motifs is 1. The summed E-state index contributed by atoms with van der Waals surface area (Å²) in [6.07, 6.45) is 9.35. The zero-order valence-corrected chi connectivity index (χ0v) is 21.0. The monoisotopic (exact) mass is 489 g/mol. The van der Waals surface area contributed by atoms with Gasteiger partial charge in [-0.3, -0.25) is 19.7 Å². The number of anilines is 1. The number of aromatic nitrogens is 2. The third kappa shape index (κ3) is 5.60. The molecule has 0 spiro atoms. The van der Waals surface area contributed by atoms with Crippen LogP contribution in [0, 0.1) is 0 Å². The largest absolute Gasteiger partial charge is 0.492 e. The fourth-order valence-corrected chi connectivity index (χ4v) is 5.45. The second-order valence-electron chi connectivity index (χ2n) is 10.1. The number of carbonyl (C=O) groups is 1. The number of pyridine rings is 2. The molecule has 2 saturated heterocycles. The van der Waals surface area contributed by atoms with E-state index < -0.39 is 5.60 Å². The minimum Gasteiger partial charge on any atom is -0.492 e. The molecule has 190 valence electrons. The molecule has 0 bridgehead atoms. The van der Waals surface area contributed by atoms with Crippen LogP contribution >= 0.6 is 0 Å². The van der Waals surface area contributed by atoms with E-state index in [0.29, 0.717) is 30.9 Å². The second-order valence-corrected chi connectivity index (χ2v) is 10.1. The number of hydrogen-bond acceptors (Lipinski definition) is 7. The molecule has 0 radical (unpaired) electrons. The standard InChI is InChI=1S/C28H35N5O3/c1-31(27(34)22-6-4-7-23(18-22)36-17-16-32-13-2-3-14-32)20-28(35)10-5-15-33(21-28)26-9-12-30-25-8-11-29-19-24(25)26/h4,6-9,11-12,18-19,35H,2-3,5,10,13-17,20-21H2,1H3/t28-/m1/s1. The van der Waals surface area contributed by atoms with Gasteiger partial charge in [-0.05, 0) is 69.1 Å². The van der Waals surface area contributed by atoms with Crippen LogP contribution in [0.4, 0.5) is 5.69 Å². The number of nitrogens with zero attached hydrogens (tertiary/aromatic N) is 5. The Kier molecular flexibility index (Phi) is 7.34. The summed E-state index contributed by atoms with van der Waals surface area (Å²) in [5.74, 6) is 0.582. The van der Waals surface area contributed by atoms with Crippen LogP contribution in [0.15, 0.2) is 55.0 Å². The Labute approximate surface area is 212 Å². The second kappa shape index (κ2) is 10.8. The minimum absolute atomic E-state index is 0.121. The molecule has 0 saturated carbocycles. The predicted octanol–water partition coefficient (Wildman–Crippen LogP) is 3.21. The third-order valence-corrected chi connectivity index (χ3v) is 7.25. The van der Waals surface area contributed by atoms with Crippen molar-refractivity contribution in [1.29, 1.82) is 0 Å². The van der Waals surface area contributed by atoms with Gasteiger partial charge in [-0.1, -0.05) is 6.07 Å². The number of hydrogen-bond donors (Lipinski definition) is 1. The van der Waals surface area contributed by atoms with Crippen LogP contribution in [0.3, 0.4) is 0 Å². The molecule has 2 aliphatic rings. The maximum absolute atomic E-state index is 13.2. The SMILES string of the molecule is CN(C[C@]1(O)CCCN(c2ccnc3ccncc23)C1)C(=O)c1cccc(OCCN2CCCC2)c1. The number of rotatable bonds is 8. The van der Waals surface area contributed by atoms with Gasteiger partial charge in [0.15, 0.2) is 0 Å². The molecule has 1 N–H and O–H groups in total. The summed E-state index contributed by atoms with van der Waals surface area (Å²) >= 11 is 0. The van der Waals surface area contributed by atoms with Crippen LogP contribution in [-0.4, -0.2) is 89.3 Å². The zero-order chi connectivity index (χ0) is 25.0. The lowest BCUT2D eigenvalue weighted by atomic mass is 9.91. The van der Waals surface area contributed by atoms with Crippen molar-refractivity contribution in [2.24, 2.45) is 0 Å². The molecule has 2 aliphatic heterocycles. The summed E-state index contributed by atoms with van der Waals surface area (Å²) in [5, 5.41) is 12.5. The predicted molar refractivity (Wildman–Crippen MR) is 141 cm³/mol. The van der Waals surface area contributed by atoms with Crippen LogP contribution in [0.25, 0.3) is 10.9 Å². The molecule has 1 aromatic carbocycles. The number of likely N-dealkylation sites (N-methyl/N-ethyl adjacent to an activating group) is 1. The molecular weight excluding hydrogens is 454 g/mol. The van der Waals surface area contributed by atoms with Gasteiger partial charge >= 0.3 is 0 Å². The summed E-state index contributed by atoms with van der Waals surface area (Å²) in [7, 11) is 1.76. The molecule has 0 unspecified atom stereocenters. The van der Waals surface area contributed by atoms with Crippen molar-refractivity contribution in [3.63, 3.8) is 0 Å². The lowest BCUT2D eigenvalue weighted by Crippen LogP contribution is -2.54. The number of benzene rings is 1. The van der Waals surface area contributed by atoms with Gasteiger partial charge in [0.1, 0.15) is 12.4 Å². The number of amides is 1. The van der Waals surface area contributed by atoms with Gasteiger partial charge in [0.25, 0.3) is 5.91 Å². The quantitative estimate of drug-likeness (QED) is 0.520. The van der Waals surface area contributed by atoms with E-state index in [1.165, 1.54) is 12.8 Å². The smallest absolute Gasteiger partial charge is 0.253 e. The Bertz CT molecular complexity index is 1190. The van der Waals surface area contributed by atoms with Crippen molar-refractivity contribution >= 4 is 22.5 Å². The zero-order valence-electron chi connectivity index (χ0n) is 21.0.